The highest BCUT2D eigenvalue weighted by atomic mass is 32.1. The van der Waals surface area contributed by atoms with Crippen molar-refractivity contribution in [2.75, 3.05) is 6.54 Å². The fraction of sp³-hybridized carbons (Fsp3) is 0.583. The molecule has 0 fully saturated rings. The lowest BCUT2D eigenvalue weighted by Gasteiger charge is -2.11. The maximum atomic E-state index is 5.74. The van der Waals surface area contributed by atoms with Gasteiger partial charge in [-0.15, -0.1) is 21.5 Å². The smallest absolute Gasteiger partial charge is 0.259 e. The zero-order chi connectivity index (χ0) is 13.0. The lowest BCUT2D eigenvalue weighted by molar-refractivity contribution is 0.396. The number of nitrogens with one attached hydrogen (secondary N) is 1. The first-order valence-corrected chi connectivity index (χ1v) is 7.11. The van der Waals surface area contributed by atoms with E-state index in [1.807, 2.05) is 6.92 Å². The summed E-state index contributed by atoms with van der Waals surface area (Å²) in [5.74, 6) is 1.23. The summed E-state index contributed by atoms with van der Waals surface area (Å²) >= 11 is 1.53. The van der Waals surface area contributed by atoms with E-state index in [0.29, 0.717) is 11.8 Å². The molecule has 2 rings (SSSR count). The van der Waals surface area contributed by atoms with Crippen molar-refractivity contribution in [2.24, 2.45) is 0 Å². The van der Waals surface area contributed by atoms with Crippen molar-refractivity contribution < 1.29 is 4.42 Å². The largest absolute Gasteiger partial charge is 0.418 e. The molecule has 5 nitrogen and oxygen atoms in total. The van der Waals surface area contributed by atoms with Crippen LogP contribution in [0, 0.1) is 6.92 Å². The summed E-state index contributed by atoms with van der Waals surface area (Å²) < 4.78 is 5.74. The molecule has 0 aliphatic heterocycles. The van der Waals surface area contributed by atoms with Crippen molar-refractivity contribution >= 4 is 11.3 Å². The van der Waals surface area contributed by atoms with Crippen molar-refractivity contribution in [3.05, 3.63) is 17.1 Å². The van der Waals surface area contributed by atoms with Crippen LogP contribution in [0.2, 0.25) is 0 Å². The highest BCUT2D eigenvalue weighted by Crippen LogP contribution is 2.27. The summed E-state index contributed by atoms with van der Waals surface area (Å²) in [6, 6.07) is 0.138. The minimum Gasteiger partial charge on any atom is -0.418 e. The van der Waals surface area contributed by atoms with Crippen molar-refractivity contribution in [3.63, 3.8) is 0 Å². The van der Waals surface area contributed by atoms with E-state index in [0.717, 1.165) is 30.0 Å². The van der Waals surface area contributed by atoms with Gasteiger partial charge in [0.2, 0.25) is 5.89 Å². The number of aromatic nitrogens is 3. The monoisotopic (exact) mass is 266 g/mol. The Morgan fingerprint density at radius 1 is 1.39 bits per heavy atom. The van der Waals surface area contributed by atoms with E-state index in [1.54, 1.807) is 5.51 Å². The van der Waals surface area contributed by atoms with E-state index in [1.165, 1.54) is 11.3 Å². The second kappa shape index (κ2) is 6.06. The summed E-state index contributed by atoms with van der Waals surface area (Å²) in [6.45, 7) is 7.15. The highest BCUT2D eigenvalue weighted by Gasteiger charge is 2.18. The molecule has 2 heterocycles. The van der Waals surface area contributed by atoms with Crippen LogP contribution in [0.4, 0.5) is 0 Å². The summed E-state index contributed by atoms with van der Waals surface area (Å²) in [5.41, 5.74) is 2.73. The van der Waals surface area contributed by atoms with Crippen LogP contribution >= 0.6 is 11.3 Å². The summed E-state index contributed by atoms with van der Waals surface area (Å²) in [4.78, 5) is 5.15. The van der Waals surface area contributed by atoms with Gasteiger partial charge in [-0.3, -0.25) is 0 Å². The third kappa shape index (κ3) is 2.76. The van der Waals surface area contributed by atoms with E-state index < -0.39 is 0 Å². The average Bonchev–Trinajstić information content (AvgIpc) is 2.99. The van der Waals surface area contributed by atoms with Gasteiger partial charge < -0.3 is 9.73 Å². The fourth-order valence-corrected chi connectivity index (χ4v) is 2.42. The van der Waals surface area contributed by atoms with Gasteiger partial charge in [0, 0.05) is 0 Å². The van der Waals surface area contributed by atoms with Gasteiger partial charge in [0.05, 0.1) is 17.2 Å². The van der Waals surface area contributed by atoms with Crippen molar-refractivity contribution in [2.45, 2.75) is 39.7 Å². The lowest BCUT2D eigenvalue weighted by Crippen LogP contribution is -2.21. The third-order valence-electron chi connectivity index (χ3n) is 2.73. The number of aryl methyl sites for hydroxylation is 1. The molecule has 1 N–H and O–H groups in total. The van der Waals surface area contributed by atoms with Crippen molar-refractivity contribution in [3.8, 4) is 10.8 Å². The molecular weight excluding hydrogens is 248 g/mol. The molecule has 2 aromatic rings. The molecule has 0 aliphatic carbocycles. The molecule has 6 heteroatoms. The first-order valence-electron chi connectivity index (χ1n) is 6.23. The minimum absolute atomic E-state index is 0.138. The molecule has 0 saturated heterocycles. The average molecular weight is 266 g/mol. The van der Waals surface area contributed by atoms with Gasteiger partial charge in [-0.05, 0) is 26.3 Å². The van der Waals surface area contributed by atoms with Gasteiger partial charge in [-0.25, -0.2) is 4.98 Å². The maximum Gasteiger partial charge on any atom is 0.259 e. The Bertz CT molecular complexity index is 494. The third-order valence-corrected chi connectivity index (χ3v) is 3.64. The topological polar surface area (TPSA) is 63.8 Å². The zero-order valence-electron chi connectivity index (χ0n) is 10.9. The molecule has 0 aromatic carbocycles. The molecular formula is C12H18N4OS. The van der Waals surface area contributed by atoms with Crippen LogP contribution in [-0.4, -0.2) is 21.7 Å². The van der Waals surface area contributed by atoms with Gasteiger partial charge in [-0.1, -0.05) is 13.8 Å². The van der Waals surface area contributed by atoms with E-state index in [-0.39, 0.29) is 6.04 Å². The lowest BCUT2D eigenvalue weighted by atomic mass is 10.2. The Balaban J connectivity index is 2.16. The van der Waals surface area contributed by atoms with E-state index in [4.69, 9.17) is 4.42 Å². The summed E-state index contributed by atoms with van der Waals surface area (Å²) in [6.07, 6.45) is 2.02. The highest BCUT2D eigenvalue weighted by molar-refractivity contribution is 7.13. The first kappa shape index (κ1) is 13.2. The Kier molecular flexibility index (Phi) is 4.43. The number of hydrogen-bond donors (Lipinski definition) is 1. The molecule has 18 heavy (non-hydrogen) atoms. The molecule has 1 unspecified atom stereocenters. The Labute approximate surface area is 111 Å². The van der Waals surface area contributed by atoms with Crippen LogP contribution in [0.25, 0.3) is 10.8 Å². The fourth-order valence-electron chi connectivity index (χ4n) is 1.70. The molecule has 0 spiro atoms. The number of rotatable bonds is 6. The quantitative estimate of drug-likeness (QED) is 0.871. The molecule has 0 radical (unpaired) electrons. The second-order valence-electron chi connectivity index (χ2n) is 4.13. The Morgan fingerprint density at radius 2 is 2.22 bits per heavy atom. The first-order chi connectivity index (χ1) is 8.76. The molecule has 0 amide bonds. The van der Waals surface area contributed by atoms with E-state index in [2.05, 4.69) is 34.3 Å². The normalized spacial score (nSPS) is 12.8. The van der Waals surface area contributed by atoms with Crippen molar-refractivity contribution in [1.82, 2.24) is 20.5 Å². The maximum absolute atomic E-state index is 5.74. The Hall–Kier alpha value is -1.27. The number of nitrogens with zero attached hydrogens (tertiary/aromatic N) is 3. The van der Waals surface area contributed by atoms with Gasteiger partial charge in [0.1, 0.15) is 4.88 Å². The van der Waals surface area contributed by atoms with Gasteiger partial charge in [0.25, 0.3) is 5.89 Å². The standard InChI is InChI=1S/C12H18N4OS/c1-4-6-13-9(5-2)11-15-16-12(17-11)10-8(3)14-7-18-10/h7,9,13H,4-6H2,1-3H3. The summed E-state index contributed by atoms with van der Waals surface area (Å²) in [5, 5.41) is 11.6. The number of hydrogen-bond acceptors (Lipinski definition) is 6. The van der Waals surface area contributed by atoms with E-state index >= 15 is 0 Å². The van der Waals surface area contributed by atoms with Gasteiger partial charge >= 0.3 is 0 Å². The predicted molar refractivity (Wildman–Crippen MR) is 71.5 cm³/mol. The van der Waals surface area contributed by atoms with Crippen molar-refractivity contribution in [1.29, 1.82) is 0 Å². The molecule has 2 aromatic heterocycles. The predicted octanol–water partition coefficient (Wildman–Crippen LogP) is 2.95. The SMILES string of the molecule is CCCNC(CC)c1nnc(-c2scnc2C)o1. The Morgan fingerprint density at radius 3 is 2.83 bits per heavy atom. The molecule has 0 saturated carbocycles. The molecule has 98 valence electrons. The van der Waals surface area contributed by atoms with E-state index in [9.17, 15) is 0 Å². The van der Waals surface area contributed by atoms with Crippen LogP contribution in [-0.2, 0) is 0 Å². The number of thiazole rings is 1. The van der Waals surface area contributed by atoms with Gasteiger partial charge in [-0.2, -0.15) is 0 Å². The van der Waals surface area contributed by atoms with Gasteiger partial charge in [0.15, 0.2) is 0 Å². The van der Waals surface area contributed by atoms with Crippen LogP contribution in [0.15, 0.2) is 9.93 Å². The minimum atomic E-state index is 0.138. The van der Waals surface area contributed by atoms with Crippen LogP contribution < -0.4 is 5.32 Å². The van der Waals surface area contributed by atoms with Crippen LogP contribution in [0.5, 0.6) is 0 Å². The molecule has 0 bridgehead atoms. The van der Waals surface area contributed by atoms with Crippen LogP contribution in [0.1, 0.15) is 44.3 Å². The van der Waals surface area contributed by atoms with Crippen LogP contribution in [0.3, 0.4) is 0 Å². The zero-order valence-corrected chi connectivity index (χ0v) is 11.8. The summed E-state index contributed by atoms with van der Waals surface area (Å²) in [7, 11) is 0. The second-order valence-corrected chi connectivity index (χ2v) is 4.98. The molecule has 0 aliphatic rings. The molecule has 1 atom stereocenters.